The summed E-state index contributed by atoms with van der Waals surface area (Å²) in [4.78, 5) is 10.7. The number of aliphatic carboxylic acids is 1. The molecular formula is C11H13BrClNO3. The van der Waals surface area contributed by atoms with Gasteiger partial charge >= 0.3 is 5.97 Å². The van der Waals surface area contributed by atoms with Crippen molar-refractivity contribution in [2.75, 3.05) is 11.9 Å². The minimum Gasteiger partial charge on any atom is -0.479 e. The van der Waals surface area contributed by atoms with Gasteiger partial charge in [-0.25, -0.2) is 4.79 Å². The Morgan fingerprint density at radius 3 is 2.71 bits per heavy atom. The molecule has 4 nitrogen and oxygen atoms in total. The SMILES string of the molecule is Cc1cc(Br)c(NCC(C)(O)C(=O)O)cc1Cl. The molecule has 0 fully saturated rings. The predicted molar refractivity (Wildman–Crippen MR) is 70.6 cm³/mol. The Morgan fingerprint density at radius 1 is 1.59 bits per heavy atom. The van der Waals surface area contributed by atoms with Crippen molar-refractivity contribution in [3.05, 3.63) is 27.2 Å². The van der Waals surface area contributed by atoms with E-state index in [9.17, 15) is 9.90 Å². The fourth-order valence-electron chi connectivity index (χ4n) is 1.12. The standard InChI is InChI=1S/C11H13BrClNO3/c1-6-3-7(12)9(4-8(6)13)14-5-11(2,17)10(15)16/h3-4,14,17H,5H2,1-2H3,(H,15,16). The van der Waals surface area contributed by atoms with E-state index >= 15 is 0 Å². The maximum Gasteiger partial charge on any atom is 0.337 e. The molecule has 0 radical (unpaired) electrons. The monoisotopic (exact) mass is 321 g/mol. The minimum absolute atomic E-state index is 0.111. The summed E-state index contributed by atoms with van der Waals surface area (Å²) in [6.07, 6.45) is 0. The quantitative estimate of drug-likeness (QED) is 0.797. The molecule has 0 heterocycles. The highest BCUT2D eigenvalue weighted by Crippen LogP contribution is 2.29. The van der Waals surface area contributed by atoms with Gasteiger partial charge in [-0.2, -0.15) is 0 Å². The average molecular weight is 323 g/mol. The number of halogens is 2. The van der Waals surface area contributed by atoms with Crippen LogP contribution in [0.15, 0.2) is 16.6 Å². The zero-order chi connectivity index (χ0) is 13.2. The molecule has 94 valence electrons. The topological polar surface area (TPSA) is 69.6 Å². The smallest absolute Gasteiger partial charge is 0.337 e. The van der Waals surface area contributed by atoms with Crippen molar-refractivity contribution in [2.24, 2.45) is 0 Å². The first-order valence-electron chi connectivity index (χ1n) is 4.89. The molecular weight excluding hydrogens is 309 g/mol. The molecule has 1 aromatic rings. The third kappa shape index (κ3) is 3.59. The Bertz CT molecular complexity index is 449. The number of carbonyl (C=O) groups is 1. The second kappa shape index (κ2) is 5.25. The van der Waals surface area contributed by atoms with E-state index in [-0.39, 0.29) is 6.54 Å². The van der Waals surface area contributed by atoms with Gasteiger partial charge in [0.1, 0.15) is 0 Å². The van der Waals surface area contributed by atoms with Gasteiger partial charge in [0.2, 0.25) is 0 Å². The number of carboxylic acids is 1. The number of rotatable bonds is 4. The normalized spacial score (nSPS) is 14.2. The lowest BCUT2D eigenvalue weighted by molar-refractivity contribution is -0.155. The number of nitrogens with one attached hydrogen (secondary N) is 1. The van der Waals surface area contributed by atoms with Crippen LogP contribution >= 0.6 is 27.5 Å². The van der Waals surface area contributed by atoms with Crippen molar-refractivity contribution in [3.8, 4) is 0 Å². The molecule has 1 rings (SSSR count). The van der Waals surface area contributed by atoms with E-state index in [0.717, 1.165) is 10.0 Å². The van der Waals surface area contributed by atoms with Gasteiger partial charge in [0.15, 0.2) is 5.60 Å². The molecule has 0 spiro atoms. The molecule has 6 heteroatoms. The minimum atomic E-state index is -1.82. The Labute approximate surface area is 113 Å². The number of aliphatic hydroxyl groups is 1. The molecule has 0 aromatic heterocycles. The van der Waals surface area contributed by atoms with Gasteiger partial charge < -0.3 is 15.5 Å². The molecule has 1 atom stereocenters. The lowest BCUT2D eigenvalue weighted by atomic mass is 10.1. The van der Waals surface area contributed by atoms with Gasteiger partial charge in [-0.3, -0.25) is 0 Å². The number of anilines is 1. The zero-order valence-electron chi connectivity index (χ0n) is 9.42. The molecule has 1 unspecified atom stereocenters. The van der Waals surface area contributed by atoms with Crippen LogP contribution < -0.4 is 5.32 Å². The first kappa shape index (κ1) is 14.3. The van der Waals surface area contributed by atoms with Crippen molar-refractivity contribution in [1.29, 1.82) is 0 Å². The lowest BCUT2D eigenvalue weighted by Crippen LogP contribution is -2.41. The van der Waals surface area contributed by atoms with E-state index in [4.69, 9.17) is 16.7 Å². The van der Waals surface area contributed by atoms with Crippen LogP contribution in [0.1, 0.15) is 12.5 Å². The van der Waals surface area contributed by atoms with Crippen LogP contribution in [0.2, 0.25) is 5.02 Å². The van der Waals surface area contributed by atoms with Crippen molar-refractivity contribution >= 4 is 39.2 Å². The Balaban J connectivity index is 2.83. The van der Waals surface area contributed by atoms with Gasteiger partial charge in [0.05, 0.1) is 12.2 Å². The van der Waals surface area contributed by atoms with Gasteiger partial charge in [-0.15, -0.1) is 0 Å². The van der Waals surface area contributed by atoms with Crippen LogP contribution in [0.4, 0.5) is 5.69 Å². The summed E-state index contributed by atoms with van der Waals surface area (Å²) in [6, 6.07) is 3.50. The van der Waals surface area contributed by atoms with Gasteiger partial charge in [0, 0.05) is 9.50 Å². The molecule has 3 N–H and O–H groups in total. The van der Waals surface area contributed by atoms with E-state index in [1.165, 1.54) is 6.92 Å². The second-order valence-corrected chi connectivity index (χ2v) is 5.28. The Morgan fingerprint density at radius 2 is 2.18 bits per heavy atom. The lowest BCUT2D eigenvalue weighted by Gasteiger charge is -2.20. The summed E-state index contributed by atoms with van der Waals surface area (Å²) in [6.45, 7) is 2.98. The maximum absolute atomic E-state index is 10.7. The fraction of sp³-hybridized carbons (Fsp3) is 0.364. The highest BCUT2D eigenvalue weighted by atomic mass is 79.9. The van der Waals surface area contributed by atoms with Crippen molar-refractivity contribution in [3.63, 3.8) is 0 Å². The van der Waals surface area contributed by atoms with Crippen LogP contribution in [-0.4, -0.2) is 28.3 Å². The largest absolute Gasteiger partial charge is 0.479 e. The number of hydrogen-bond donors (Lipinski definition) is 3. The van der Waals surface area contributed by atoms with Gasteiger partial charge in [-0.1, -0.05) is 11.6 Å². The summed E-state index contributed by atoms with van der Waals surface area (Å²) in [5, 5.41) is 21.7. The van der Waals surface area contributed by atoms with E-state index in [1.54, 1.807) is 6.07 Å². The van der Waals surface area contributed by atoms with Gasteiger partial charge in [-0.05, 0) is 47.5 Å². The Hall–Kier alpha value is -0.780. The first-order valence-corrected chi connectivity index (χ1v) is 6.06. The summed E-state index contributed by atoms with van der Waals surface area (Å²) < 4.78 is 0.764. The molecule has 0 aliphatic heterocycles. The van der Waals surface area contributed by atoms with E-state index in [1.807, 2.05) is 13.0 Å². The predicted octanol–water partition coefficient (Wildman–Crippen LogP) is 2.66. The maximum atomic E-state index is 10.7. The molecule has 0 saturated heterocycles. The summed E-state index contributed by atoms with van der Waals surface area (Å²) in [7, 11) is 0. The molecule has 0 amide bonds. The third-order valence-electron chi connectivity index (χ3n) is 2.33. The molecule has 0 saturated carbocycles. The van der Waals surface area contributed by atoms with E-state index < -0.39 is 11.6 Å². The van der Waals surface area contributed by atoms with Crippen molar-refractivity contribution in [1.82, 2.24) is 0 Å². The van der Waals surface area contributed by atoms with Gasteiger partial charge in [0.25, 0.3) is 0 Å². The highest BCUT2D eigenvalue weighted by Gasteiger charge is 2.29. The molecule has 1 aromatic carbocycles. The average Bonchev–Trinajstić information content (AvgIpc) is 2.21. The summed E-state index contributed by atoms with van der Waals surface area (Å²) in [5.74, 6) is -1.28. The number of hydrogen-bond acceptors (Lipinski definition) is 3. The van der Waals surface area contributed by atoms with Crippen LogP contribution in [0.25, 0.3) is 0 Å². The highest BCUT2D eigenvalue weighted by molar-refractivity contribution is 9.10. The Kier molecular flexibility index (Phi) is 4.41. The molecule has 0 aliphatic rings. The van der Waals surface area contributed by atoms with Crippen molar-refractivity contribution in [2.45, 2.75) is 19.4 Å². The van der Waals surface area contributed by atoms with Crippen molar-refractivity contribution < 1.29 is 15.0 Å². The van der Waals surface area contributed by atoms with Crippen LogP contribution in [0, 0.1) is 6.92 Å². The van der Waals surface area contributed by atoms with E-state index in [2.05, 4.69) is 21.2 Å². The molecule has 0 bridgehead atoms. The fourth-order valence-corrected chi connectivity index (χ4v) is 1.89. The number of carboxylic acid groups (broad SMARTS) is 1. The van der Waals surface area contributed by atoms with E-state index in [0.29, 0.717) is 10.7 Å². The molecule has 0 aliphatic carbocycles. The number of benzene rings is 1. The van der Waals surface area contributed by atoms with Crippen LogP contribution in [0.5, 0.6) is 0 Å². The third-order valence-corrected chi connectivity index (χ3v) is 3.40. The first-order chi connectivity index (χ1) is 7.74. The number of aryl methyl sites for hydroxylation is 1. The summed E-state index contributed by atoms with van der Waals surface area (Å²) >= 11 is 9.29. The summed E-state index contributed by atoms with van der Waals surface area (Å²) in [5.41, 5.74) is -0.271. The van der Waals surface area contributed by atoms with Crippen LogP contribution in [0.3, 0.4) is 0 Å². The molecule has 17 heavy (non-hydrogen) atoms. The zero-order valence-corrected chi connectivity index (χ0v) is 11.8. The van der Waals surface area contributed by atoms with Crippen LogP contribution in [-0.2, 0) is 4.79 Å². The second-order valence-electron chi connectivity index (χ2n) is 4.01.